The van der Waals surface area contributed by atoms with Gasteiger partial charge in [-0.05, 0) is 51.4 Å². The van der Waals surface area contributed by atoms with E-state index in [1.165, 1.54) is 263 Å². The van der Waals surface area contributed by atoms with Crippen LogP contribution in [-0.2, 0) is 14.3 Å². The summed E-state index contributed by atoms with van der Waals surface area (Å²) in [6.45, 7) is 3.87. The highest BCUT2D eigenvalue weighted by atomic mass is 16.7. The molecular formula is C69H131NO8. The summed E-state index contributed by atoms with van der Waals surface area (Å²) < 4.78 is 11.4. The third-order valence-electron chi connectivity index (χ3n) is 16.5. The quantitative estimate of drug-likeness (QED) is 0.0261. The summed E-state index contributed by atoms with van der Waals surface area (Å²) in [5, 5.41) is 54.8. The molecular weight excluding hydrogens is 971 g/mol. The zero-order chi connectivity index (χ0) is 56.5. The minimum absolute atomic E-state index is 0.133. The standard InChI is InChI=1S/C69H131NO8/c1-3-5-7-9-11-13-15-17-19-21-23-24-25-26-27-28-29-30-31-32-33-34-35-36-37-38-39-40-41-43-45-47-49-51-53-55-57-59-65(73)70-62(61-77-69-68(76)67(75)66(74)64(60-71)78-69)63(72)58-56-54-52-50-48-46-44-42-22-20-18-16-14-12-10-8-6-4-2/h15,17,21,23,25-26,62-64,66-69,71-72,74-76H,3-14,16,18-20,22,24,27-61H2,1-2H3,(H,70,73)/b17-15-,23-21-,26-25-. The average Bonchev–Trinajstić information content (AvgIpc) is 3.45. The molecule has 0 aromatic carbocycles. The number of amides is 1. The van der Waals surface area contributed by atoms with Crippen LogP contribution in [0, 0.1) is 0 Å². The molecule has 7 unspecified atom stereocenters. The first kappa shape index (κ1) is 74.4. The van der Waals surface area contributed by atoms with Crippen molar-refractivity contribution in [1.29, 1.82) is 0 Å². The minimum atomic E-state index is -1.55. The number of rotatable bonds is 60. The molecule has 7 atom stereocenters. The number of nitrogens with one attached hydrogen (secondary N) is 1. The Balaban J connectivity index is 2.06. The molecule has 1 aliphatic heterocycles. The van der Waals surface area contributed by atoms with Gasteiger partial charge >= 0.3 is 0 Å². The van der Waals surface area contributed by atoms with E-state index < -0.39 is 49.5 Å². The van der Waals surface area contributed by atoms with Crippen LogP contribution < -0.4 is 5.32 Å². The second-order valence-electron chi connectivity index (χ2n) is 24.0. The Labute approximate surface area is 482 Å². The number of carbonyl (C=O) groups excluding carboxylic acids is 1. The predicted molar refractivity (Wildman–Crippen MR) is 332 cm³/mol. The second-order valence-corrected chi connectivity index (χ2v) is 24.0. The van der Waals surface area contributed by atoms with Crippen LogP contribution in [0.3, 0.4) is 0 Å². The lowest BCUT2D eigenvalue weighted by molar-refractivity contribution is -0.302. The van der Waals surface area contributed by atoms with Gasteiger partial charge in [0.05, 0.1) is 25.4 Å². The molecule has 1 rings (SSSR count). The van der Waals surface area contributed by atoms with Crippen molar-refractivity contribution in [3.05, 3.63) is 36.5 Å². The van der Waals surface area contributed by atoms with Crippen LogP contribution in [0.4, 0.5) is 0 Å². The number of aliphatic hydroxyl groups is 5. The van der Waals surface area contributed by atoms with Gasteiger partial charge in [-0.3, -0.25) is 4.79 Å². The van der Waals surface area contributed by atoms with Crippen molar-refractivity contribution < 1.29 is 39.8 Å². The van der Waals surface area contributed by atoms with Crippen molar-refractivity contribution >= 4 is 5.91 Å². The summed E-state index contributed by atoms with van der Waals surface area (Å²) in [4.78, 5) is 13.1. The molecule has 1 aliphatic rings. The summed E-state index contributed by atoms with van der Waals surface area (Å²) in [5.74, 6) is -0.137. The molecule has 9 heteroatoms. The maximum Gasteiger partial charge on any atom is 0.220 e. The lowest BCUT2D eigenvalue weighted by Crippen LogP contribution is -2.60. The van der Waals surface area contributed by atoms with Gasteiger partial charge in [0.15, 0.2) is 6.29 Å². The monoisotopic (exact) mass is 1100 g/mol. The van der Waals surface area contributed by atoms with Crippen LogP contribution in [0.1, 0.15) is 341 Å². The van der Waals surface area contributed by atoms with Crippen molar-refractivity contribution in [3.63, 3.8) is 0 Å². The Bertz CT molecular complexity index is 1320. The molecule has 0 radical (unpaired) electrons. The Morgan fingerprint density at radius 2 is 0.756 bits per heavy atom. The maximum absolute atomic E-state index is 13.1. The third-order valence-corrected chi connectivity index (χ3v) is 16.5. The Morgan fingerprint density at radius 3 is 1.12 bits per heavy atom. The van der Waals surface area contributed by atoms with Crippen LogP contribution >= 0.6 is 0 Å². The second kappa shape index (κ2) is 58.6. The van der Waals surface area contributed by atoms with E-state index in [2.05, 4.69) is 55.6 Å². The average molecular weight is 1100 g/mol. The van der Waals surface area contributed by atoms with Gasteiger partial charge in [-0.25, -0.2) is 0 Å². The summed E-state index contributed by atoms with van der Waals surface area (Å²) in [5.41, 5.74) is 0. The fourth-order valence-corrected chi connectivity index (χ4v) is 11.1. The Morgan fingerprint density at radius 1 is 0.436 bits per heavy atom. The zero-order valence-electron chi connectivity index (χ0n) is 51.4. The molecule has 1 saturated heterocycles. The normalized spacial score (nSPS) is 18.8. The van der Waals surface area contributed by atoms with E-state index in [9.17, 15) is 30.3 Å². The first-order valence-corrected chi connectivity index (χ1v) is 34.2. The van der Waals surface area contributed by atoms with Crippen molar-refractivity contribution in [2.75, 3.05) is 13.2 Å². The molecule has 0 saturated carbocycles. The highest BCUT2D eigenvalue weighted by Crippen LogP contribution is 2.24. The molecule has 1 amide bonds. The van der Waals surface area contributed by atoms with Crippen LogP contribution in [0.25, 0.3) is 0 Å². The predicted octanol–water partition coefficient (Wildman–Crippen LogP) is 18.3. The lowest BCUT2D eigenvalue weighted by Gasteiger charge is -2.40. The highest BCUT2D eigenvalue weighted by Gasteiger charge is 2.44. The number of unbranched alkanes of at least 4 members (excludes halogenated alkanes) is 44. The van der Waals surface area contributed by atoms with Crippen LogP contribution in [0.2, 0.25) is 0 Å². The van der Waals surface area contributed by atoms with Gasteiger partial charge < -0.3 is 40.3 Å². The summed E-state index contributed by atoms with van der Waals surface area (Å²) in [6.07, 6.45) is 70.7. The molecule has 6 N–H and O–H groups in total. The van der Waals surface area contributed by atoms with Gasteiger partial charge in [-0.1, -0.05) is 320 Å². The van der Waals surface area contributed by atoms with E-state index >= 15 is 0 Å². The number of allylic oxidation sites excluding steroid dienone is 6. The fraction of sp³-hybridized carbons (Fsp3) is 0.899. The van der Waals surface area contributed by atoms with Gasteiger partial charge in [0.1, 0.15) is 24.4 Å². The first-order valence-electron chi connectivity index (χ1n) is 34.2. The van der Waals surface area contributed by atoms with Crippen molar-refractivity contribution in [2.24, 2.45) is 0 Å². The highest BCUT2D eigenvalue weighted by molar-refractivity contribution is 5.76. The SMILES string of the molecule is CCCCCCC/C=C\C/C=C\C/C=C\CCCCCCCCCCCCCCCCCCCCCCCCC(=O)NC(COC1OC(CO)C(O)C(O)C1O)C(O)CCCCCCCCCCCCCCCCCCCC. The van der Waals surface area contributed by atoms with Gasteiger partial charge in [-0.2, -0.15) is 0 Å². The number of hydrogen-bond acceptors (Lipinski definition) is 8. The smallest absolute Gasteiger partial charge is 0.220 e. The van der Waals surface area contributed by atoms with E-state index in [0.717, 1.165) is 51.4 Å². The Hall–Kier alpha value is -1.59. The number of hydrogen-bond donors (Lipinski definition) is 6. The lowest BCUT2D eigenvalue weighted by atomic mass is 9.99. The molecule has 0 aromatic rings. The number of ether oxygens (including phenoxy) is 2. The summed E-state index contributed by atoms with van der Waals surface area (Å²) in [6, 6.07) is -0.717. The zero-order valence-corrected chi connectivity index (χ0v) is 51.4. The summed E-state index contributed by atoms with van der Waals surface area (Å²) >= 11 is 0. The van der Waals surface area contributed by atoms with E-state index in [1.54, 1.807) is 0 Å². The van der Waals surface area contributed by atoms with E-state index in [1.807, 2.05) is 0 Å². The molecule has 78 heavy (non-hydrogen) atoms. The molecule has 460 valence electrons. The van der Waals surface area contributed by atoms with E-state index in [4.69, 9.17) is 9.47 Å². The first-order chi connectivity index (χ1) is 38.3. The van der Waals surface area contributed by atoms with Gasteiger partial charge in [0, 0.05) is 6.42 Å². The third kappa shape index (κ3) is 47.0. The van der Waals surface area contributed by atoms with Crippen LogP contribution in [0.15, 0.2) is 36.5 Å². The molecule has 1 fully saturated rings. The maximum atomic E-state index is 13.1. The number of carbonyl (C=O) groups is 1. The minimum Gasteiger partial charge on any atom is -0.394 e. The molecule has 1 heterocycles. The molecule has 0 aromatic heterocycles. The molecule has 0 spiro atoms. The molecule has 0 aliphatic carbocycles. The fourth-order valence-electron chi connectivity index (χ4n) is 11.1. The van der Waals surface area contributed by atoms with Crippen molar-refractivity contribution in [3.8, 4) is 0 Å². The van der Waals surface area contributed by atoms with E-state index in [-0.39, 0.29) is 12.5 Å². The van der Waals surface area contributed by atoms with Gasteiger partial charge in [0.25, 0.3) is 0 Å². The van der Waals surface area contributed by atoms with Crippen LogP contribution in [0.5, 0.6) is 0 Å². The van der Waals surface area contributed by atoms with Crippen molar-refractivity contribution in [1.82, 2.24) is 5.32 Å². The summed E-state index contributed by atoms with van der Waals surface area (Å²) in [7, 11) is 0. The largest absolute Gasteiger partial charge is 0.394 e. The number of aliphatic hydroxyl groups excluding tert-OH is 5. The van der Waals surface area contributed by atoms with E-state index in [0.29, 0.717) is 12.8 Å². The van der Waals surface area contributed by atoms with Gasteiger partial charge in [0.2, 0.25) is 5.91 Å². The Kier molecular flexibility index (Phi) is 55.9. The topological polar surface area (TPSA) is 149 Å². The molecule has 0 bridgehead atoms. The van der Waals surface area contributed by atoms with Crippen molar-refractivity contribution in [2.45, 2.75) is 384 Å². The molecule has 9 nitrogen and oxygen atoms in total. The van der Waals surface area contributed by atoms with Gasteiger partial charge in [-0.15, -0.1) is 0 Å². The van der Waals surface area contributed by atoms with Crippen LogP contribution in [-0.4, -0.2) is 87.5 Å².